The molecule has 0 saturated heterocycles. The van der Waals surface area contributed by atoms with Gasteiger partial charge in [-0.05, 0) is 35.7 Å². The monoisotopic (exact) mass is 437 g/mol. The van der Waals surface area contributed by atoms with E-state index in [1.807, 2.05) is 60.7 Å². The molecule has 5 nitrogen and oxygen atoms in total. The first-order chi connectivity index (χ1) is 14.9. The van der Waals surface area contributed by atoms with Gasteiger partial charge in [-0.25, -0.2) is 4.79 Å². The van der Waals surface area contributed by atoms with Gasteiger partial charge in [-0.1, -0.05) is 78.3 Å². The van der Waals surface area contributed by atoms with Crippen molar-refractivity contribution >= 4 is 23.5 Å². The Morgan fingerprint density at radius 2 is 1.55 bits per heavy atom. The van der Waals surface area contributed by atoms with Crippen LogP contribution < -0.4 is 10.1 Å². The second-order valence-electron chi connectivity index (χ2n) is 7.39. The molecule has 0 heterocycles. The highest BCUT2D eigenvalue weighted by atomic mass is 35.5. The average molecular weight is 438 g/mol. The number of rotatable bonds is 8. The standard InChI is InChI=1S/C25H24ClNO4/c1-25(18-9-5-3-6-10-18,19-11-7-4-8-12-19)24(30)27-21(23(28)29)16-17-13-14-22(31-2)20(26)15-17/h3-15,21H,16H2,1-2H3,(H,27,30)(H,28,29)/t21-/m0/s1. The van der Waals surface area contributed by atoms with Crippen LogP contribution >= 0.6 is 11.6 Å². The molecule has 3 aromatic carbocycles. The molecular formula is C25H24ClNO4. The van der Waals surface area contributed by atoms with E-state index < -0.39 is 23.3 Å². The minimum Gasteiger partial charge on any atom is -0.495 e. The highest BCUT2D eigenvalue weighted by molar-refractivity contribution is 6.32. The van der Waals surface area contributed by atoms with Crippen LogP contribution in [0.3, 0.4) is 0 Å². The lowest BCUT2D eigenvalue weighted by molar-refractivity contribution is -0.142. The highest BCUT2D eigenvalue weighted by Crippen LogP contribution is 2.32. The van der Waals surface area contributed by atoms with Crippen LogP contribution in [0, 0.1) is 0 Å². The molecule has 0 saturated carbocycles. The fraction of sp³-hybridized carbons (Fsp3) is 0.200. The normalized spacial score (nSPS) is 12.1. The molecule has 0 spiro atoms. The Hall–Kier alpha value is -3.31. The molecule has 0 fully saturated rings. The van der Waals surface area contributed by atoms with Crippen LogP contribution in [0.5, 0.6) is 5.75 Å². The number of benzene rings is 3. The minimum absolute atomic E-state index is 0.0877. The molecule has 0 aliphatic rings. The molecule has 2 N–H and O–H groups in total. The molecule has 31 heavy (non-hydrogen) atoms. The van der Waals surface area contributed by atoms with Crippen LogP contribution in [0.25, 0.3) is 0 Å². The maximum Gasteiger partial charge on any atom is 0.326 e. The molecule has 3 aromatic rings. The van der Waals surface area contributed by atoms with E-state index in [9.17, 15) is 14.7 Å². The molecule has 1 amide bonds. The number of carbonyl (C=O) groups excluding carboxylic acids is 1. The summed E-state index contributed by atoms with van der Waals surface area (Å²) in [6.45, 7) is 1.80. The summed E-state index contributed by atoms with van der Waals surface area (Å²) in [5, 5.41) is 12.9. The number of methoxy groups -OCH3 is 1. The van der Waals surface area contributed by atoms with Crippen LogP contribution in [0.1, 0.15) is 23.6 Å². The summed E-state index contributed by atoms with van der Waals surface area (Å²) in [6.07, 6.45) is 0.0877. The Morgan fingerprint density at radius 3 is 2.00 bits per heavy atom. The SMILES string of the molecule is COc1ccc(C[C@H](NC(=O)C(C)(c2ccccc2)c2ccccc2)C(=O)O)cc1Cl. The predicted molar refractivity (Wildman–Crippen MR) is 121 cm³/mol. The Balaban J connectivity index is 1.92. The number of aliphatic carboxylic acids is 1. The van der Waals surface area contributed by atoms with Crippen LogP contribution in [0.2, 0.25) is 5.02 Å². The van der Waals surface area contributed by atoms with E-state index in [0.29, 0.717) is 16.3 Å². The average Bonchev–Trinajstić information content (AvgIpc) is 2.79. The second-order valence-corrected chi connectivity index (χ2v) is 7.80. The maximum atomic E-state index is 13.5. The fourth-order valence-corrected chi connectivity index (χ4v) is 3.83. The first-order valence-corrected chi connectivity index (χ1v) is 10.2. The molecular weight excluding hydrogens is 414 g/mol. The van der Waals surface area contributed by atoms with Crippen LogP contribution in [-0.4, -0.2) is 30.1 Å². The predicted octanol–water partition coefficient (Wildman–Crippen LogP) is 4.47. The van der Waals surface area contributed by atoms with E-state index in [1.54, 1.807) is 25.1 Å². The Morgan fingerprint density at radius 1 is 1.00 bits per heavy atom. The number of carboxylic acid groups (broad SMARTS) is 1. The maximum absolute atomic E-state index is 13.5. The summed E-state index contributed by atoms with van der Waals surface area (Å²) in [5.41, 5.74) is 1.17. The van der Waals surface area contributed by atoms with E-state index in [2.05, 4.69) is 5.32 Å². The summed E-state index contributed by atoms with van der Waals surface area (Å²) in [7, 11) is 1.51. The number of halogens is 1. The Labute approximate surface area is 186 Å². The van der Waals surface area contributed by atoms with Gasteiger partial charge >= 0.3 is 5.97 Å². The van der Waals surface area contributed by atoms with Crippen molar-refractivity contribution in [2.24, 2.45) is 0 Å². The van der Waals surface area contributed by atoms with Crippen LogP contribution in [-0.2, 0) is 21.4 Å². The Kier molecular flexibility index (Phi) is 6.98. The molecule has 1 atom stereocenters. The number of carbonyl (C=O) groups is 2. The van der Waals surface area contributed by atoms with Gasteiger partial charge in [-0.3, -0.25) is 4.79 Å². The van der Waals surface area contributed by atoms with Gasteiger partial charge in [0.2, 0.25) is 5.91 Å². The lowest BCUT2D eigenvalue weighted by Crippen LogP contribution is -2.50. The summed E-state index contributed by atoms with van der Waals surface area (Å²) < 4.78 is 5.14. The topological polar surface area (TPSA) is 75.6 Å². The lowest BCUT2D eigenvalue weighted by atomic mass is 9.75. The molecule has 0 radical (unpaired) electrons. The zero-order valence-electron chi connectivity index (χ0n) is 17.3. The fourth-order valence-electron chi connectivity index (χ4n) is 3.55. The van der Waals surface area contributed by atoms with Gasteiger partial charge in [0.05, 0.1) is 17.5 Å². The van der Waals surface area contributed by atoms with Crippen molar-refractivity contribution in [3.05, 3.63) is 101 Å². The molecule has 0 bridgehead atoms. The van der Waals surface area contributed by atoms with Crippen molar-refractivity contribution in [3.8, 4) is 5.75 Å². The van der Waals surface area contributed by atoms with Crippen molar-refractivity contribution in [2.75, 3.05) is 7.11 Å². The van der Waals surface area contributed by atoms with Crippen molar-refractivity contribution in [2.45, 2.75) is 24.8 Å². The smallest absolute Gasteiger partial charge is 0.326 e. The van der Waals surface area contributed by atoms with Crippen LogP contribution in [0.4, 0.5) is 0 Å². The number of nitrogens with one attached hydrogen (secondary N) is 1. The van der Waals surface area contributed by atoms with E-state index in [4.69, 9.17) is 16.3 Å². The molecule has 0 aromatic heterocycles. The van der Waals surface area contributed by atoms with Gasteiger partial charge in [-0.15, -0.1) is 0 Å². The Bertz CT molecular complexity index is 1010. The highest BCUT2D eigenvalue weighted by Gasteiger charge is 2.39. The van der Waals surface area contributed by atoms with Crippen molar-refractivity contribution in [1.82, 2.24) is 5.32 Å². The third-order valence-corrected chi connectivity index (χ3v) is 5.71. The number of hydrogen-bond donors (Lipinski definition) is 2. The number of hydrogen-bond acceptors (Lipinski definition) is 3. The summed E-state index contributed by atoms with van der Waals surface area (Å²) in [5.74, 6) is -1.01. The number of amides is 1. The van der Waals surface area contributed by atoms with E-state index in [1.165, 1.54) is 7.11 Å². The molecule has 0 aliphatic heterocycles. The third kappa shape index (κ3) is 4.89. The van der Waals surface area contributed by atoms with Gasteiger partial charge in [0.25, 0.3) is 0 Å². The quantitative estimate of drug-likeness (QED) is 0.545. The zero-order chi connectivity index (χ0) is 22.4. The second kappa shape index (κ2) is 9.67. The molecule has 0 aliphatic carbocycles. The molecule has 0 unspecified atom stereocenters. The number of ether oxygens (including phenoxy) is 1. The molecule has 160 valence electrons. The van der Waals surface area contributed by atoms with Crippen LogP contribution in [0.15, 0.2) is 78.9 Å². The van der Waals surface area contributed by atoms with Gasteiger partial charge in [-0.2, -0.15) is 0 Å². The zero-order valence-corrected chi connectivity index (χ0v) is 18.1. The first-order valence-electron chi connectivity index (χ1n) is 9.83. The molecule has 6 heteroatoms. The molecule has 3 rings (SSSR count). The van der Waals surface area contributed by atoms with E-state index >= 15 is 0 Å². The van der Waals surface area contributed by atoms with Crippen molar-refractivity contribution in [1.29, 1.82) is 0 Å². The number of carboxylic acids is 1. The van der Waals surface area contributed by atoms with Crippen molar-refractivity contribution in [3.63, 3.8) is 0 Å². The lowest BCUT2D eigenvalue weighted by Gasteiger charge is -2.31. The minimum atomic E-state index is -1.12. The summed E-state index contributed by atoms with van der Waals surface area (Å²) >= 11 is 6.17. The van der Waals surface area contributed by atoms with Gasteiger partial charge < -0.3 is 15.2 Å². The summed E-state index contributed by atoms with van der Waals surface area (Å²) in [4.78, 5) is 25.5. The van der Waals surface area contributed by atoms with E-state index in [-0.39, 0.29) is 6.42 Å². The van der Waals surface area contributed by atoms with Gasteiger partial charge in [0, 0.05) is 6.42 Å². The summed E-state index contributed by atoms with van der Waals surface area (Å²) in [6, 6.07) is 22.6. The van der Waals surface area contributed by atoms with Crippen molar-refractivity contribution < 1.29 is 19.4 Å². The van der Waals surface area contributed by atoms with Gasteiger partial charge in [0.1, 0.15) is 11.8 Å². The van der Waals surface area contributed by atoms with E-state index in [0.717, 1.165) is 11.1 Å². The first kappa shape index (κ1) is 22.4. The third-order valence-electron chi connectivity index (χ3n) is 5.42. The van der Waals surface area contributed by atoms with Gasteiger partial charge in [0.15, 0.2) is 0 Å². The largest absolute Gasteiger partial charge is 0.495 e.